The Morgan fingerprint density at radius 3 is 2.55 bits per heavy atom. The summed E-state index contributed by atoms with van der Waals surface area (Å²) in [6, 6.07) is 3.60. The quantitative estimate of drug-likeness (QED) is 0.624. The zero-order valence-corrected chi connectivity index (χ0v) is 11.4. The number of carbonyl (C=O) groups is 2. The molecule has 1 rings (SSSR count). The maximum atomic E-state index is 11.9. The van der Waals surface area contributed by atoms with Crippen molar-refractivity contribution in [2.75, 3.05) is 13.7 Å². The topological polar surface area (TPSA) is 136 Å². The Hall–Kier alpha value is -2.13. The molecule has 1 aromatic carbocycles. The predicted molar refractivity (Wildman–Crippen MR) is 69.0 cm³/mol. The first-order chi connectivity index (χ1) is 9.27. The van der Waals surface area contributed by atoms with E-state index in [9.17, 15) is 18.0 Å². The summed E-state index contributed by atoms with van der Waals surface area (Å²) in [7, 11) is -2.59. The van der Waals surface area contributed by atoms with Gasteiger partial charge in [-0.1, -0.05) is 0 Å². The van der Waals surface area contributed by atoms with Crippen LogP contribution in [0.1, 0.15) is 16.8 Å². The lowest BCUT2D eigenvalue weighted by Crippen LogP contribution is -2.26. The van der Waals surface area contributed by atoms with Gasteiger partial charge in [-0.05, 0) is 18.2 Å². The number of ether oxygens (including phenoxy) is 1. The van der Waals surface area contributed by atoms with Crippen molar-refractivity contribution in [3.8, 4) is 5.75 Å². The second-order valence-corrected chi connectivity index (χ2v) is 5.53. The molecule has 9 heteroatoms. The standard InChI is InChI=1S/C11H14N2O6S/c1-19-9-3-2-7(6-8(9)11(12)16)20(17,18)13-5-4-10(14)15/h2-3,6,13H,4-5H2,1H3,(H2,12,16)(H,14,15). The van der Waals surface area contributed by atoms with Crippen molar-refractivity contribution in [2.24, 2.45) is 5.73 Å². The highest BCUT2D eigenvalue weighted by Crippen LogP contribution is 2.21. The molecule has 110 valence electrons. The van der Waals surface area contributed by atoms with Gasteiger partial charge < -0.3 is 15.6 Å². The fourth-order valence-corrected chi connectivity index (χ4v) is 2.48. The highest BCUT2D eigenvalue weighted by molar-refractivity contribution is 7.89. The lowest BCUT2D eigenvalue weighted by atomic mass is 10.2. The van der Waals surface area contributed by atoms with Gasteiger partial charge >= 0.3 is 5.97 Å². The Labute approximate surface area is 115 Å². The number of benzene rings is 1. The summed E-state index contributed by atoms with van der Waals surface area (Å²) in [5.41, 5.74) is 5.05. The minimum atomic E-state index is -3.91. The second kappa shape index (κ2) is 6.35. The third kappa shape index (κ3) is 3.93. The molecule has 1 amide bonds. The van der Waals surface area contributed by atoms with Crippen molar-refractivity contribution in [2.45, 2.75) is 11.3 Å². The van der Waals surface area contributed by atoms with Crippen LogP contribution in [-0.2, 0) is 14.8 Å². The molecule has 8 nitrogen and oxygen atoms in total. The number of carboxylic acid groups (broad SMARTS) is 1. The summed E-state index contributed by atoms with van der Waals surface area (Å²) < 4.78 is 30.8. The molecule has 0 atom stereocenters. The summed E-state index contributed by atoms with van der Waals surface area (Å²) in [5.74, 6) is -1.80. The van der Waals surface area contributed by atoms with Crippen molar-refractivity contribution in [3.05, 3.63) is 23.8 Å². The van der Waals surface area contributed by atoms with Gasteiger partial charge in [-0.25, -0.2) is 13.1 Å². The van der Waals surface area contributed by atoms with Gasteiger partial charge in [0.25, 0.3) is 5.91 Å². The minimum Gasteiger partial charge on any atom is -0.496 e. The summed E-state index contributed by atoms with van der Waals surface area (Å²) in [6.45, 7) is -0.254. The van der Waals surface area contributed by atoms with E-state index < -0.39 is 21.9 Å². The smallest absolute Gasteiger partial charge is 0.304 e. The zero-order chi connectivity index (χ0) is 15.3. The molecule has 0 spiro atoms. The zero-order valence-electron chi connectivity index (χ0n) is 10.6. The lowest BCUT2D eigenvalue weighted by Gasteiger charge is -2.09. The first-order valence-corrected chi connectivity index (χ1v) is 6.95. The second-order valence-electron chi connectivity index (χ2n) is 3.77. The van der Waals surface area contributed by atoms with Crippen molar-refractivity contribution in [1.82, 2.24) is 4.72 Å². The number of sulfonamides is 1. The number of rotatable bonds is 7. The molecule has 4 N–H and O–H groups in total. The van der Waals surface area contributed by atoms with Gasteiger partial charge in [0.2, 0.25) is 10.0 Å². The van der Waals surface area contributed by atoms with E-state index in [1.54, 1.807) is 0 Å². The van der Waals surface area contributed by atoms with Crippen LogP contribution in [0.2, 0.25) is 0 Å². The maximum absolute atomic E-state index is 11.9. The van der Waals surface area contributed by atoms with E-state index >= 15 is 0 Å². The molecule has 0 saturated heterocycles. The number of aliphatic carboxylic acids is 1. The van der Waals surface area contributed by atoms with E-state index in [0.29, 0.717) is 0 Å². The van der Waals surface area contributed by atoms with E-state index in [1.165, 1.54) is 19.2 Å². The van der Waals surface area contributed by atoms with Gasteiger partial charge in [-0.15, -0.1) is 0 Å². The Morgan fingerprint density at radius 2 is 2.05 bits per heavy atom. The van der Waals surface area contributed by atoms with Gasteiger partial charge in [-0.3, -0.25) is 9.59 Å². The normalized spacial score (nSPS) is 11.1. The molecular formula is C11H14N2O6S. The van der Waals surface area contributed by atoms with Gasteiger partial charge in [0.1, 0.15) is 5.75 Å². The fraction of sp³-hybridized carbons (Fsp3) is 0.273. The number of carboxylic acids is 1. The number of primary amides is 1. The number of amides is 1. The highest BCUT2D eigenvalue weighted by atomic mass is 32.2. The molecule has 0 radical (unpaired) electrons. The summed E-state index contributed by atoms with van der Waals surface area (Å²) in [5, 5.41) is 8.45. The van der Waals surface area contributed by atoms with E-state index in [4.69, 9.17) is 15.6 Å². The van der Waals surface area contributed by atoms with Crippen molar-refractivity contribution in [1.29, 1.82) is 0 Å². The SMILES string of the molecule is COc1ccc(S(=O)(=O)NCCC(=O)O)cc1C(N)=O. The van der Waals surface area contributed by atoms with Gasteiger partial charge in [0, 0.05) is 6.54 Å². The molecule has 0 aromatic heterocycles. The largest absolute Gasteiger partial charge is 0.496 e. The molecule has 0 saturated carbocycles. The summed E-state index contributed by atoms with van der Waals surface area (Å²) in [6.07, 6.45) is -0.349. The van der Waals surface area contributed by atoms with Crippen molar-refractivity contribution in [3.63, 3.8) is 0 Å². The molecule has 0 bridgehead atoms. The minimum absolute atomic E-state index is 0.0754. The van der Waals surface area contributed by atoms with Gasteiger partial charge in [0.15, 0.2) is 0 Å². The number of carbonyl (C=O) groups excluding carboxylic acids is 1. The molecule has 0 aliphatic carbocycles. The van der Waals surface area contributed by atoms with Crippen molar-refractivity contribution >= 4 is 21.9 Å². The fourth-order valence-electron chi connectivity index (χ4n) is 1.42. The summed E-state index contributed by atoms with van der Waals surface area (Å²) in [4.78, 5) is 21.4. The number of methoxy groups -OCH3 is 1. The maximum Gasteiger partial charge on any atom is 0.304 e. The third-order valence-corrected chi connectivity index (χ3v) is 3.84. The average Bonchev–Trinajstić information content (AvgIpc) is 2.37. The first kappa shape index (κ1) is 15.9. The van der Waals surface area contributed by atoms with Crippen LogP contribution in [0.5, 0.6) is 5.75 Å². The molecule has 0 aliphatic rings. The Kier molecular flexibility index (Phi) is 5.06. The van der Waals surface area contributed by atoms with E-state index in [1.807, 2.05) is 0 Å². The molecule has 0 aliphatic heterocycles. The van der Waals surface area contributed by atoms with Crippen LogP contribution >= 0.6 is 0 Å². The van der Waals surface area contributed by atoms with Gasteiger partial charge in [0.05, 0.1) is 24.0 Å². The number of hydrogen-bond donors (Lipinski definition) is 3. The molecule has 1 aromatic rings. The van der Waals surface area contributed by atoms with Crippen LogP contribution in [0.25, 0.3) is 0 Å². The monoisotopic (exact) mass is 302 g/mol. The average molecular weight is 302 g/mol. The van der Waals surface area contributed by atoms with Gasteiger partial charge in [-0.2, -0.15) is 0 Å². The molecule has 0 unspecified atom stereocenters. The van der Waals surface area contributed by atoms with Crippen LogP contribution in [0.3, 0.4) is 0 Å². The van der Waals surface area contributed by atoms with E-state index in [2.05, 4.69) is 4.72 Å². The molecule has 20 heavy (non-hydrogen) atoms. The summed E-state index contributed by atoms with van der Waals surface area (Å²) >= 11 is 0. The Morgan fingerprint density at radius 1 is 1.40 bits per heavy atom. The van der Waals surface area contributed by atoms with Crippen LogP contribution in [-0.4, -0.2) is 39.1 Å². The third-order valence-electron chi connectivity index (χ3n) is 2.38. The van der Waals surface area contributed by atoms with Crippen molar-refractivity contribution < 1.29 is 27.9 Å². The number of nitrogens with one attached hydrogen (secondary N) is 1. The van der Waals surface area contributed by atoms with Crippen LogP contribution in [0.4, 0.5) is 0 Å². The highest BCUT2D eigenvalue weighted by Gasteiger charge is 2.18. The molecular weight excluding hydrogens is 288 g/mol. The van der Waals surface area contributed by atoms with Crippen LogP contribution < -0.4 is 15.2 Å². The van der Waals surface area contributed by atoms with Crippen LogP contribution in [0.15, 0.2) is 23.1 Å². The van der Waals surface area contributed by atoms with Crippen LogP contribution in [0, 0.1) is 0 Å². The predicted octanol–water partition coefficient (Wildman–Crippen LogP) is -0.453. The Bertz CT molecular complexity index is 626. The number of nitrogens with two attached hydrogens (primary N) is 1. The first-order valence-electron chi connectivity index (χ1n) is 5.47. The molecule has 0 fully saturated rings. The molecule has 0 heterocycles. The number of hydrogen-bond acceptors (Lipinski definition) is 5. The van der Waals surface area contributed by atoms with E-state index in [-0.39, 0.29) is 29.2 Å². The Balaban J connectivity index is 3.04. The lowest BCUT2D eigenvalue weighted by molar-refractivity contribution is -0.136. The van der Waals surface area contributed by atoms with E-state index in [0.717, 1.165) is 6.07 Å².